The van der Waals surface area contributed by atoms with Crippen molar-refractivity contribution in [3.8, 4) is 0 Å². The zero-order valence-electron chi connectivity index (χ0n) is 16.0. The lowest BCUT2D eigenvalue weighted by molar-refractivity contribution is 1.40. The maximum absolute atomic E-state index is 4.60. The van der Waals surface area contributed by atoms with Crippen LogP contribution in [0.2, 0.25) is 0 Å². The first-order chi connectivity index (χ1) is 14.8. The highest BCUT2D eigenvalue weighted by Crippen LogP contribution is 2.26. The van der Waals surface area contributed by atoms with Crippen molar-refractivity contribution < 1.29 is 0 Å². The Morgan fingerprint density at radius 1 is 0.533 bits per heavy atom. The van der Waals surface area contributed by atoms with E-state index in [0.29, 0.717) is 0 Å². The van der Waals surface area contributed by atoms with Gasteiger partial charge in [-0.1, -0.05) is 24.3 Å². The van der Waals surface area contributed by atoms with E-state index < -0.39 is 0 Å². The molecule has 144 valence electrons. The minimum Gasteiger partial charge on any atom is -0.358 e. The van der Waals surface area contributed by atoms with E-state index in [1.807, 2.05) is 85.2 Å². The molecule has 2 aromatic rings. The van der Waals surface area contributed by atoms with Gasteiger partial charge in [0.25, 0.3) is 0 Å². The summed E-state index contributed by atoms with van der Waals surface area (Å²) in [4.78, 5) is 18.4. The smallest absolute Gasteiger partial charge is 0.0865 e. The SMILES string of the molecule is C1=CC2=NC1=CNc1ccccc1N=CC1=NC(=CNc3ccccc3N=C2)C=C1. The molecule has 3 heterocycles. The maximum Gasteiger partial charge on any atom is 0.0865 e. The summed E-state index contributed by atoms with van der Waals surface area (Å²) >= 11 is 0. The van der Waals surface area contributed by atoms with E-state index >= 15 is 0 Å². The van der Waals surface area contributed by atoms with Crippen LogP contribution in [0.5, 0.6) is 0 Å². The summed E-state index contributed by atoms with van der Waals surface area (Å²) in [7, 11) is 0. The van der Waals surface area contributed by atoms with Crippen molar-refractivity contribution >= 4 is 46.6 Å². The molecule has 30 heavy (non-hydrogen) atoms. The van der Waals surface area contributed by atoms with E-state index in [-0.39, 0.29) is 0 Å². The summed E-state index contributed by atoms with van der Waals surface area (Å²) in [5, 5.41) is 6.59. The number of benzene rings is 2. The molecule has 2 aromatic carbocycles. The normalized spacial score (nSPS) is 16.8. The first-order valence-corrected chi connectivity index (χ1v) is 9.57. The Kier molecular flexibility index (Phi) is 4.72. The lowest BCUT2D eigenvalue weighted by Gasteiger charge is -2.05. The minimum atomic E-state index is 0.789. The summed E-state index contributed by atoms with van der Waals surface area (Å²) in [5.74, 6) is 0. The van der Waals surface area contributed by atoms with Gasteiger partial charge in [-0.25, -0.2) is 9.98 Å². The van der Waals surface area contributed by atoms with Crippen molar-refractivity contribution in [1.29, 1.82) is 0 Å². The van der Waals surface area contributed by atoms with Gasteiger partial charge in [0.2, 0.25) is 0 Å². The number of fused-ring (bicyclic) bond motifs is 4. The molecule has 0 radical (unpaired) electrons. The molecule has 6 nitrogen and oxygen atoms in total. The second kappa shape index (κ2) is 7.97. The van der Waals surface area contributed by atoms with Crippen molar-refractivity contribution in [1.82, 2.24) is 0 Å². The summed E-state index contributed by atoms with van der Waals surface area (Å²) in [6.07, 6.45) is 15.0. The van der Waals surface area contributed by atoms with Gasteiger partial charge in [-0.2, -0.15) is 0 Å². The fourth-order valence-corrected chi connectivity index (χ4v) is 3.08. The van der Waals surface area contributed by atoms with E-state index in [1.165, 1.54) is 0 Å². The molecule has 0 spiro atoms. The van der Waals surface area contributed by atoms with Crippen LogP contribution in [0.3, 0.4) is 0 Å². The Balaban J connectivity index is 1.55. The second-order valence-corrected chi connectivity index (χ2v) is 6.72. The van der Waals surface area contributed by atoms with Gasteiger partial charge in [0, 0.05) is 12.4 Å². The van der Waals surface area contributed by atoms with Gasteiger partial charge < -0.3 is 10.6 Å². The average molecular weight is 390 g/mol. The van der Waals surface area contributed by atoms with Gasteiger partial charge in [-0.05, 0) is 48.6 Å². The Morgan fingerprint density at radius 3 is 1.50 bits per heavy atom. The third-order valence-corrected chi connectivity index (χ3v) is 4.60. The first kappa shape index (κ1) is 17.8. The summed E-state index contributed by atoms with van der Waals surface area (Å²) < 4.78 is 0. The van der Waals surface area contributed by atoms with E-state index in [0.717, 1.165) is 45.6 Å². The zero-order valence-corrected chi connectivity index (χ0v) is 16.0. The number of allylic oxidation sites excluding steroid dienone is 4. The molecule has 0 fully saturated rings. The van der Waals surface area contributed by atoms with Crippen LogP contribution in [-0.4, -0.2) is 23.9 Å². The van der Waals surface area contributed by atoms with Gasteiger partial charge in [-0.15, -0.1) is 0 Å². The largest absolute Gasteiger partial charge is 0.358 e. The quantitative estimate of drug-likeness (QED) is 0.638. The molecule has 3 aliphatic rings. The molecule has 0 amide bonds. The Morgan fingerprint density at radius 2 is 1.00 bits per heavy atom. The van der Waals surface area contributed by atoms with E-state index in [4.69, 9.17) is 0 Å². The van der Waals surface area contributed by atoms with E-state index in [2.05, 4.69) is 30.6 Å². The molecule has 3 aliphatic heterocycles. The summed E-state index contributed by atoms with van der Waals surface area (Å²) in [5.41, 5.74) is 6.64. The van der Waals surface area contributed by atoms with Crippen molar-refractivity contribution in [3.05, 3.63) is 96.6 Å². The van der Waals surface area contributed by atoms with Crippen LogP contribution in [0.1, 0.15) is 0 Å². The van der Waals surface area contributed by atoms with Crippen molar-refractivity contribution in [2.24, 2.45) is 20.0 Å². The maximum atomic E-state index is 4.60. The Labute approximate surface area is 174 Å². The molecular weight excluding hydrogens is 372 g/mol. The number of nitrogens with zero attached hydrogens (tertiary/aromatic N) is 4. The number of aliphatic imine (C=N–C) groups is 4. The highest BCUT2D eigenvalue weighted by atomic mass is 14.9. The van der Waals surface area contributed by atoms with Crippen LogP contribution in [0.25, 0.3) is 0 Å². The summed E-state index contributed by atoms with van der Waals surface area (Å²) in [6.45, 7) is 0. The Hall–Kier alpha value is -4.32. The van der Waals surface area contributed by atoms with Crippen LogP contribution < -0.4 is 10.6 Å². The fraction of sp³-hybridized carbons (Fsp3) is 0. The fourth-order valence-electron chi connectivity index (χ4n) is 3.08. The van der Waals surface area contributed by atoms with Crippen LogP contribution in [-0.2, 0) is 0 Å². The summed E-state index contributed by atoms with van der Waals surface area (Å²) in [6, 6.07) is 15.7. The van der Waals surface area contributed by atoms with Crippen molar-refractivity contribution in [3.63, 3.8) is 0 Å². The highest BCUT2D eigenvalue weighted by molar-refractivity contribution is 6.38. The second-order valence-electron chi connectivity index (χ2n) is 6.72. The topological polar surface area (TPSA) is 73.5 Å². The number of nitrogens with one attached hydrogen (secondary N) is 2. The van der Waals surface area contributed by atoms with Crippen molar-refractivity contribution in [2.45, 2.75) is 0 Å². The molecule has 0 aliphatic carbocycles. The van der Waals surface area contributed by atoms with Gasteiger partial charge in [0.05, 0.1) is 58.0 Å². The molecule has 0 saturated heterocycles. The zero-order chi connectivity index (χ0) is 20.2. The molecule has 0 unspecified atom stereocenters. The first-order valence-electron chi connectivity index (χ1n) is 9.57. The average Bonchev–Trinajstić information content (AvgIpc) is 3.43. The molecule has 0 atom stereocenters. The molecule has 2 N–H and O–H groups in total. The lowest BCUT2D eigenvalue weighted by atomic mass is 10.2. The van der Waals surface area contributed by atoms with Crippen LogP contribution in [0.15, 0.2) is 117 Å². The van der Waals surface area contributed by atoms with Gasteiger partial charge in [-0.3, -0.25) is 9.98 Å². The van der Waals surface area contributed by atoms with Gasteiger partial charge in [0.15, 0.2) is 0 Å². The van der Waals surface area contributed by atoms with E-state index in [9.17, 15) is 0 Å². The van der Waals surface area contributed by atoms with Gasteiger partial charge in [0.1, 0.15) is 0 Å². The molecule has 0 saturated carbocycles. The molecule has 5 rings (SSSR count). The monoisotopic (exact) mass is 390 g/mol. The van der Waals surface area contributed by atoms with Crippen LogP contribution in [0.4, 0.5) is 22.7 Å². The lowest BCUT2D eigenvalue weighted by Crippen LogP contribution is -1.95. The standard InChI is InChI=1S/C24H18N6/c1-2-6-22-21(5-1)25-13-17-9-10-19(29-17)15-27-23-7-3-4-8-24(23)28-16-20-12-11-18(30-20)14-26-22/h1-16,25,28H. The molecule has 4 bridgehead atoms. The van der Waals surface area contributed by atoms with E-state index in [1.54, 1.807) is 12.4 Å². The number of para-hydroxylation sites is 4. The number of rotatable bonds is 0. The highest BCUT2D eigenvalue weighted by Gasteiger charge is 2.06. The number of hydrogen-bond acceptors (Lipinski definition) is 6. The third-order valence-electron chi connectivity index (χ3n) is 4.60. The van der Waals surface area contributed by atoms with Crippen LogP contribution >= 0.6 is 0 Å². The molecule has 6 heteroatoms. The predicted octanol–water partition coefficient (Wildman–Crippen LogP) is 5.33. The Bertz CT molecular complexity index is 1140. The third kappa shape index (κ3) is 3.93. The van der Waals surface area contributed by atoms with Crippen LogP contribution in [0, 0.1) is 0 Å². The predicted molar refractivity (Wildman–Crippen MR) is 126 cm³/mol. The molecular formula is C24H18N6. The molecule has 0 aromatic heterocycles. The number of anilines is 2. The minimum absolute atomic E-state index is 0.789. The van der Waals surface area contributed by atoms with Gasteiger partial charge >= 0.3 is 0 Å². The van der Waals surface area contributed by atoms with Crippen molar-refractivity contribution in [2.75, 3.05) is 10.6 Å². The number of hydrogen-bond donors (Lipinski definition) is 2.